The van der Waals surface area contributed by atoms with Gasteiger partial charge in [-0.1, -0.05) is 24.3 Å². The number of H-pyrrole nitrogens is 1. The fourth-order valence-electron chi connectivity index (χ4n) is 2.47. The molecule has 0 saturated heterocycles. The van der Waals surface area contributed by atoms with Gasteiger partial charge < -0.3 is 0 Å². The number of nitrogens with one attached hydrogen (secondary N) is 2. The van der Waals surface area contributed by atoms with Crippen LogP contribution in [0.5, 0.6) is 0 Å². The Bertz CT molecular complexity index is 1040. The van der Waals surface area contributed by atoms with Crippen LogP contribution in [0, 0.1) is 24.0 Å². The summed E-state index contributed by atoms with van der Waals surface area (Å²) in [5.41, 5.74) is 6.64. The minimum absolute atomic E-state index is 0.0888. The lowest BCUT2D eigenvalue weighted by Crippen LogP contribution is -2.18. The average molecular weight is 363 g/mol. The number of rotatable bonds is 5. The summed E-state index contributed by atoms with van der Waals surface area (Å²) >= 11 is 0. The molecule has 3 aromatic rings. The lowest BCUT2D eigenvalue weighted by Gasteiger charge is -2.01. The number of benzene rings is 2. The van der Waals surface area contributed by atoms with Crippen LogP contribution in [-0.2, 0) is 0 Å². The van der Waals surface area contributed by atoms with Crippen LogP contribution in [0.4, 0.5) is 5.69 Å². The van der Waals surface area contributed by atoms with Crippen LogP contribution in [0.25, 0.3) is 11.3 Å². The summed E-state index contributed by atoms with van der Waals surface area (Å²) in [6, 6.07) is 13.7. The number of aryl methyl sites for hydroxylation is 2. The van der Waals surface area contributed by atoms with Crippen LogP contribution in [0.15, 0.2) is 53.6 Å². The number of aromatic amines is 1. The van der Waals surface area contributed by atoms with E-state index in [1.807, 2.05) is 32.0 Å². The molecule has 1 aromatic heterocycles. The summed E-state index contributed by atoms with van der Waals surface area (Å²) in [6.07, 6.45) is 1.23. The molecule has 0 fully saturated rings. The highest BCUT2D eigenvalue weighted by molar-refractivity contribution is 5.94. The molecule has 0 radical (unpaired) electrons. The third-order valence-corrected chi connectivity index (χ3v) is 4.13. The topological polar surface area (TPSA) is 113 Å². The second kappa shape index (κ2) is 7.61. The van der Waals surface area contributed by atoms with Crippen LogP contribution in [-0.4, -0.2) is 27.2 Å². The van der Waals surface area contributed by atoms with Crippen LogP contribution in [0.3, 0.4) is 0 Å². The summed E-state index contributed by atoms with van der Waals surface area (Å²) in [5, 5.41) is 21.6. The van der Waals surface area contributed by atoms with Crippen LogP contribution >= 0.6 is 0 Å². The van der Waals surface area contributed by atoms with Gasteiger partial charge in [-0.2, -0.15) is 10.2 Å². The molecule has 0 aliphatic carbocycles. The Hall–Kier alpha value is -3.81. The predicted molar refractivity (Wildman–Crippen MR) is 102 cm³/mol. The van der Waals surface area contributed by atoms with Gasteiger partial charge in [0.2, 0.25) is 0 Å². The lowest BCUT2D eigenvalue weighted by molar-refractivity contribution is -0.385. The maximum Gasteiger partial charge on any atom is 0.289 e. The molecule has 8 heteroatoms. The first kappa shape index (κ1) is 18.0. The summed E-state index contributed by atoms with van der Waals surface area (Å²) in [7, 11) is 0. The second-order valence-corrected chi connectivity index (χ2v) is 5.98. The van der Waals surface area contributed by atoms with E-state index in [0.29, 0.717) is 11.3 Å². The van der Waals surface area contributed by atoms with Crippen LogP contribution in [0.1, 0.15) is 27.2 Å². The number of nitro benzene ring substituents is 1. The first-order valence-electron chi connectivity index (χ1n) is 8.15. The van der Waals surface area contributed by atoms with Crippen molar-refractivity contribution in [2.75, 3.05) is 0 Å². The minimum atomic E-state index is -0.506. The van der Waals surface area contributed by atoms with E-state index in [1.54, 1.807) is 24.3 Å². The molecule has 0 aliphatic heterocycles. The van der Waals surface area contributed by atoms with E-state index in [4.69, 9.17) is 0 Å². The molecule has 0 bridgehead atoms. The van der Waals surface area contributed by atoms with Crippen LogP contribution in [0.2, 0.25) is 0 Å². The van der Waals surface area contributed by atoms with E-state index in [0.717, 1.165) is 11.1 Å². The van der Waals surface area contributed by atoms with Crippen LogP contribution < -0.4 is 5.43 Å². The normalized spacial score (nSPS) is 10.9. The van der Waals surface area contributed by atoms with E-state index in [1.165, 1.54) is 17.8 Å². The van der Waals surface area contributed by atoms with Gasteiger partial charge in [-0.25, -0.2) is 5.43 Å². The average Bonchev–Trinajstić information content (AvgIpc) is 3.14. The number of amides is 1. The molecule has 8 nitrogen and oxygen atoms in total. The fourth-order valence-corrected chi connectivity index (χ4v) is 2.47. The zero-order chi connectivity index (χ0) is 19.4. The number of carbonyl (C=O) groups is 1. The van der Waals surface area contributed by atoms with Crippen molar-refractivity contribution < 1.29 is 9.72 Å². The summed E-state index contributed by atoms with van der Waals surface area (Å²) < 4.78 is 0. The number of para-hydroxylation sites is 1. The first-order chi connectivity index (χ1) is 13.0. The van der Waals surface area contributed by atoms with Gasteiger partial charge in [-0.3, -0.25) is 20.0 Å². The number of hydrogen-bond acceptors (Lipinski definition) is 5. The van der Waals surface area contributed by atoms with Crippen molar-refractivity contribution in [2.24, 2.45) is 5.10 Å². The van der Waals surface area contributed by atoms with E-state index >= 15 is 0 Å². The highest BCUT2D eigenvalue weighted by Crippen LogP contribution is 2.21. The predicted octanol–water partition coefficient (Wildman–Crippen LogP) is 3.37. The fraction of sp³-hybridized carbons (Fsp3) is 0.105. The zero-order valence-electron chi connectivity index (χ0n) is 14.8. The highest BCUT2D eigenvalue weighted by atomic mass is 16.6. The van der Waals surface area contributed by atoms with Crippen molar-refractivity contribution in [3.05, 3.63) is 81.0 Å². The number of nitro groups is 1. The monoisotopic (exact) mass is 363 g/mol. The van der Waals surface area contributed by atoms with E-state index in [-0.39, 0.29) is 11.4 Å². The molecule has 2 N–H and O–H groups in total. The molecule has 0 aliphatic rings. The Kier molecular flexibility index (Phi) is 5.07. The van der Waals surface area contributed by atoms with E-state index in [2.05, 4.69) is 20.7 Å². The van der Waals surface area contributed by atoms with Crippen molar-refractivity contribution in [2.45, 2.75) is 13.8 Å². The van der Waals surface area contributed by atoms with Crippen molar-refractivity contribution in [1.29, 1.82) is 0 Å². The van der Waals surface area contributed by atoms with Gasteiger partial charge in [0.15, 0.2) is 0 Å². The summed E-state index contributed by atoms with van der Waals surface area (Å²) in [5.74, 6) is -0.493. The van der Waals surface area contributed by atoms with Gasteiger partial charge in [-0.05, 0) is 43.2 Å². The molecular formula is C19H17N5O3. The standard InChI is InChI=1S/C19H17N5O3/c1-12-7-8-14(9-13(12)2)16-10-17(22-21-16)19(25)23-20-11-15-5-3-4-6-18(15)24(26)27/h3-11H,1-2H3,(H,21,22)(H,23,25)/b20-11-. The Balaban J connectivity index is 1.71. The highest BCUT2D eigenvalue weighted by Gasteiger charge is 2.12. The number of carbonyl (C=O) groups excluding carboxylic acids is 1. The third kappa shape index (κ3) is 4.06. The zero-order valence-corrected chi connectivity index (χ0v) is 14.8. The Morgan fingerprint density at radius 1 is 1.19 bits per heavy atom. The van der Waals surface area contributed by atoms with E-state index in [9.17, 15) is 14.9 Å². The van der Waals surface area contributed by atoms with Gasteiger partial charge in [0.25, 0.3) is 11.6 Å². The molecule has 1 heterocycles. The Morgan fingerprint density at radius 3 is 2.70 bits per heavy atom. The number of hydrazone groups is 1. The molecule has 0 saturated carbocycles. The molecule has 3 rings (SSSR count). The molecule has 2 aromatic carbocycles. The lowest BCUT2D eigenvalue weighted by atomic mass is 10.0. The van der Waals surface area contributed by atoms with Crippen molar-refractivity contribution >= 4 is 17.8 Å². The second-order valence-electron chi connectivity index (χ2n) is 5.98. The summed E-state index contributed by atoms with van der Waals surface area (Å²) in [4.78, 5) is 22.6. The first-order valence-corrected chi connectivity index (χ1v) is 8.15. The van der Waals surface area contributed by atoms with E-state index < -0.39 is 10.8 Å². The Labute approximate surface area is 155 Å². The Morgan fingerprint density at radius 2 is 1.96 bits per heavy atom. The molecule has 1 amide bonds. The molecular weight excluding hydrogens is 346 g/mol. The smallest absolute Gasteiger partial charge is 0.272 e. The number of nitrogens with zero attached hydrogens (tertiary/aromatic N) is 3. The van der Waals surface area contributed by atoms with Crippen molar-refractivity contribution in [1.82, 2.24) is 15.6 Å². The maximum absolute atomic E-state index is 12.2. The summed E-state index contributed by atoms with van der Waals surface area (Å²) in [6.45, 7) is 4.04. The molecule has 136 valence electrons. The minimum Gasteiger partial charge on any atom is -0.272 e. The van der Waals surface area contributed by atoms with Gasteiger partial charge in [-0.15, -0.1) is 0 Å². The van der Waals surface area contributed by atoms with Gasteiger partial charge >= 0.3 is 0 Å². The molecule has 0 atom stereocenters. The number of aromatic nitrogens is 2. The SMILES string of the molecule is Cc1ccc(-c2cc(C(=O)N/N=C\c3ccccc3[N+](=O)[O-])[nH]n2)cc1C. The molecule has 0 unspecified atom stereocenters. The quantitative estimate of drug-likeness (QED) is 0.411. The third-order valence-electron chi connectivity index (χ3n) is 4.13. The van der Waals surface area contributed by atoms with Crippen molar-refractivity contribution in [3.63, 3.8) is 0 Å². The maximum atomic E-state index is 12.2. The van der Waals surface area contributed by atoms with Gasteiger partial charge in [0.1, 0.15) is 5.69 Å². The molecule has 0 spiro atoms. The number of hydrogen-bond donors (Lipinski definition) is 2. The largest absolute Gasteiger partial charge is 0.289 e. The molecule has 27 heavy (non-hydrogen) atoms. The van der Waals surface area contributed by atoms with Crippen molar-refractivity contribution in [3.8, 4) is 11.3 Å². The van der Waals surface area contributed by atoms with Gasteiger partial charge in [0.05, 0.1) is 22.4 Å². The van der Waals surface area contributed by atoms with Gasteiger partial charge in [0, 0.05) is 11.6 Å².